The van der Waals surface area contributed by atoms with Crippen molar-refractivity contribution in [3.8, 4) is 5.75 Å². The molecule has 2 aromatic carbocycles. The van der Waals surface area contributed by atoms with Gasteiger partial charge in [0.2, 0.25) is 5.91 Å². The predicted molar refractivity (Wildman–Crippen MR) is 95.9 cm³/mol. The summed E-state index contributed by atoms with van der Waals surface area (Å²) in [6, 6.07) is 12.9. The molecule has 0 bridgehead atoms. The van der Waals surface area contributed by atoms with E-state index in [1.54, 1.807) is 42.5 Å². The highest BCUT2D eigenvalue weighted by molar-refractivity contribution is 5.94. The smallest absolute Gasteiger partial charge is 0.241 e. The highest BCUT2D eigenvalue weighted by atomic mass is 35.5. The molecule has 0 aliphatic heterocycles. The first-order chi connectivity index (χ1) is 11.1. The fraction of sp³-hybridized carbons (Fsp3) is 0.278. The van der Waals surface area contributed by atoms with Crippen molar-refractivity contribution in [3.05, 3.63) is 59.9 Å². The first kappa shape index (κ1) is 19.9. The number of hydrogen-bond donors (Lipinski definition) is 2. The zero-order chi connectivity index (χ0) is 16.7. The summed E-state index contributed by atoms with van der Waals surface area (Å²) in [5.74, 6) is 0.109. The summed E-state index contributed by atoms with van der Waals surface area (Å²) in [5, 5.41) is 2.76. The fourth-order valence-corrected chi connectivity index (χ4v) is 2.09. The van der Waals surface area contributed by atoms with E-state index in [0.29, 0.717) is 23.4 Å². The molecule has 1 amide bonds. The van der Waals surface area contributed by atoms with E-state index in [-0.39, 0.29) is 30.7 Å². The Bertz CT molecular complexity index is 650. The van der Waals surface area contributed by atoms with Gasteiger partial charge in [0, 0.05) is 11.3 Å². The number of carbonyl (C=O) groups is 1. The zero-order valence-corrected chi connectivity index (χ0v) is 14.3. The Kier molecular flexibility index (Phi) is 8.22. The molecule has 0 aliphatic rings. The molecular formula is C18H22ClFN2O2. The van der Waals surface area contributed by atoms with Gasteiger partial charge in [0.15, 0.2) is 0 Å². The molecule has 0 saturated carbocycles. The van der Waals surface area contributed by atoms with E-state index >= 15 is 0 Å². The third-order valence-corrected chi connectivity index (χ3v) is 3.41. The van der Waals surface area contributed by atoms with Crippen LogP contribution in [0.1, 0.15) is 25.3 Å². The number of rotatable bonds is 7. The van der Waals surface area contributed by atoms with Gasteiger partial charge >= 0.3 is 0 Å². The average Bonchev–Trinajstić information content (AvgIpc) is 2.55. The molecule has 130 valence electrons. The SMILES string of the molecule is CCCC(N)C(=O)Nc1ccc(OCc2ccccc2F)cc1.Cl. The van der Waals surface area contributed by atoms with Crippen LogP contribution in [0.25, 0.3) is 0 Å². The summed E-state index contributed by atoms with van der Waals surface area (Å²) < 4.78 is 19.0. The first-order valence-electron chi connectivity index (χ1n) is 7.63. The van der Waals surface area contributed by atoms with Crippen LogP contribution >= 0.6 is 12.4 Å². The third-order valence-electron chi connectivity index (χ3n) is 3.41. The molecule has 0 radical (unpaired) electrons. The third kappa shape index (κ3) is 5.83. The second kappa shape index (κ2) is 9.90. The van der Waals surface area contributed by atoms with Crippen LogP contribution < -0.4 is 15.8 Å². The molecule has 0 saturated heterocycles. The molecule has 6 heteroatoms. The molecule has 0 aromatic heterocycles. The fourth-order valence-electron chi connectivity index (χ4n) is 2.09. The van der Waals surface area contributed by atoms with Gasteiger partial charge in [-0.05, 0) is 36.8 Å². The van der Waals surface area contributed by atoms with Gasteiger partial charge < -0.3 is 15.8 Å². The number of ether oxygens (including phenoxy) is 1. The number of nitrogens with one attached hydrogen (secondary N) is 1. The summed E-state index contributed by atoms with van der Waals surface area (Å²) in [6.45, 7) is 2.13. The van der Waals surface area contributed by atoms with Gasteiger partial charge in [-0.3, -0.25) is 4.79 Å². The van der Waals surface area contributed by atoms with Gasteiger partial charge in [-0.15, -0.1) is 12.4 Å². The maximum absolute atomic E-state index is 13.5. The second-order valence-electron chi connectivity index (χ2n) is 5.29. The lowest BCUT2D eigenvalue weighted by atomic mass is 10.1. The maximum atomic E-state index is 13.5. The lowest BCUT2D eigenvalue weighted by molar-refractivity contribution is -0.117. The highest BCUT2D eigenvalue weighted by Crippen LogP contribution is 2.18. The molecule has 0 aliphatic carbocycles. The summed E-state index contributed by atoms with van der Waals surface area (Å²) in [5.41, 5.74) is 6.91. The van der Waals surface area contributed by atoms with E-state index in [0.717, 1.165) is 6.42 Å². The van der Waals surface area contributed by atoms with Gasteiger partial charge in [-0.25, -0.2) is 4.39 Å². The number of hydrogen-bond acceptors (Lipinski definition) is 3. The van der Waals surface area contributed by atoms with E-state index in [1.807, 2.05) is 6.92 Å². The van der Waals surface area contributed by atoms with Gasteiger partial charge in [-0.2, -0.15) is 0 Å². The van der Waals surface area contributed by atoms with Crippen molar-refractivity contribution in [2.45, 2.75) is 32.4 Å². The number of carbonyl (C=O) groups excluding carboxylic acids is 1. The van der Waals surface area contributed by atoms with Crippen molar-refractivity contribution in [2.75, 3.05) is 5.32 Å². The second-order valence-corrected chi connectivity index (χ2v) is 5.29. The van der Waals surface area contributed by atoms with Crippen LogP contribution in [-0.4, -0.2) is 11.9 Å². The van der Waals surface area contributed by atoms with E-state index in [1.165, 1.54) is 6.07 Å². The summed E-state index contributed by atoms with van der Waals surface area (Å²) >= 11 is 0. The minimum atomic E-state index is -0.503. The topological polar surface area (TPSA) is 64.4 Å². The minimum absolute atomic E-state index is 0. The maximum Gasteiger partial charge on any atom is 0.241 e. The van der Waals surface area contributed by atoms with Gasteiger partial charge in [-0.1, -0.05) is 31.5 Å². The zero-order valence-electron chi connectivity index (χ0n) is 13.5. The molecule has 1 unspecified atom stereocenters. The Labute approximate surface area is 147 Å². The molecular weight excluding hydrogens is 331 g/mol. The molecule has 2 rings (SSSR count). The van der Waals surface area contributed by atoms with Crippen LogP contribution in [0.4, 0.5) is 10.1 Å². The van der Waals surface area contributed by atoms with Crippen LogP contribution in [0.5, 0.6) is 5.75 Å². The Hall–Kier alpha value is -2.11. The molecule has 24 heavy (non-hydrogen) atoms. The highest BCUT2D eigenvalue weighted by Gasteiger charge is 2.12. The first-order valence-corrected chi connectivity index (χ1v) is 7.63. The molecule has 0 heterocycles. The minimum Gasteiger partial charge on any atom is -0.489 e. The largest absolute Gasteiger partial charge is 0.489 e. The lowest BCUT2D eigenvalue weighted by Gasteiger charge is -2.12. The van der Waals surface area contributed by atoms with Crippen LogP contribution in [-0.2, 0) is 11.4 Å². The molecule has 0 spiro atoms. The van der Waals surface area contributed by atoms with Crippen molar-refractivity contribution in [3.63, 3.8) is 0 Å². The van der Waals surface area contributed by atoms with E-state index in [9.17, 15) is 9.18 Å². The normalized spacial score (nSPS) is 11.3. The number of anilines is 1. The standard InChI is InChI=1S/C18H21FN2O2.ClH/c1-2-5-17(20)18(22)21-14-8-10-15(11-9-14)23-12-13-6-3-4-7-16(13)19;/h3-4,6-11,17H,2,5,12,20H2,1H3,(H,21,22);1H. The van der Waals surface area contributed by atoms with E-state index < -0.39 is 6.04 Å². The van der Waals surface area contributed by atoms with Crippen LogP contribution in [0, 0.1) is 5.82 Å². The Morgan fingerprint density at radius 3 is 2.50 bits per heavy atom. The van der Waals surface area contributed by atoms with Gasteiger partial charge in [0.05, 0.1) is 6.04 Å². The van der Waals surface area contributed by atoms with E-state index in [4.69, 9.17) is 10.5 Å². The van der Waals surface area contributed by atoms with Gasteiger partial charge in [0.25, 0.3) is 0 Å². The van der Waals surface area contributed by atoms with Crippen molar-refractivity contribution < 1.29 is 13.9 Å². The number of benzene rings is 2. The monoisotopic (exact) mass is 352 g/mol. The summed E-state index contributed by atoms with van der Waals surface area (Å²) in [6.07, 6.45) is 1.51. The summed E-state index contributed by atoms with van der Waals surface area (Å²) in [4.78, 5) is 11.8. The van der Waals surface area contributed by atoms with Crippen molar-refractivity contribution in [1.29, 1.82) is 0 Å². The quantitative estimate of drug-likeness (QED) is 0.794. The van der Waals surface area contributed by atoms with Crippen LogP contribution in [0.15, 0.2) is 48.5 Å². The Morgan fingerprint density at radius 2 is 1.88 bits per heavy atom. The summed E-state index contributed by atoms with van der Waals surface area (Å²) in [7, 11) is 0. The Morgan fingerprint density at radius 1 is 1.21 bits per heavy atom. The number of nitrogens with two attached hydrogens (primary N) is 1. The molecule has 1 atom stereocenters. The van der Waals surface area contributed by atoms with Crippen LogP contribution in [0.3, 0.4) is 0 Å². The number of amides is 1. The Balaban J connectivity index is 0.00000288. The van der Waals surface area contributed by atoms with Crippen molar-refractivity contribution in [2.24, 2.45) is 5.73 Å². The lowest BCUT2D eigenvalue weighted by Crippen LogP contribution is -2.35. The van der Waals surface area contributed by atoms with Gasteiger partial charge in [0.1, 0.15) is 18.2 Å². The molecule has 3 N–H and O–H groups in total. The molecule has 4 nitrogen and oxygen atoms in total. The molecule has 0 fully saturated rings. The van der Waals surface area contributed by atoms with E-state index in [2.05, 4.69) is 5.32 Å². The van der Waals surface area contributed by atoms with Crippen molar-refractivity contribution >= 4 is 24.0 Å². The van der Waals surface area contributed by atoms with Crippen molar-refractivity contribution in [1.82, 2.24) is 0 Å². The number of halogens is 2. The molecule has 2 aromatic rings. The van der Waals surface area contributed by atoms with Crippen LogP contribution in [0.2, 0.25) is 0 Å². The predicted octanol–water partition coefficient (Wildman–Crippen LogP) is 3.89. The average molecular weight is 353 g/mol.